The summed E-state index contributed by atoms with van der Waals surface area (Å²) in [4.78, 5) is 31.8. The summed E-state index contributed by atoms with van der Waals surface area (Å²) in [7, 11) is 1.93. The second kappa shape index (κ2) is 6.35. The Morgan fingerprint density at radius 3 is 2.50 bits per heavy atom. The fraction of sp³-hybridized carbons (Fsp3) is 0.600. The molecule has 0 radical (unpaired) electrons. The summed E-state index contributed by atoms with van der Waals surface area (Å²) in [6.07, 6.45) is 5.23. The molecule has 6 heteroatoms. The van der Waals surface area contributed by atoms with E-state index in [2.05, 4.69) is 0 Å². The molecule has 2 N–H and O–H groups in total. The molecule has 1 aromatic carbocycles. The Labute approximate surface area is 154 Å². The second-order valence-corrected chi connectivity index (χ2v) is 8.20. The van der Waals surface area contributed by atoms with Crippen LogP contribution in [0.3, 0.4) is 0 Å². The van der Waals surface area contributed by atoms with Gasteiger partial charge in [0, 0.05) is 38.1 Å². The number of rotatable bonds is 2. The van der Waals surface area contributed by atoms with Crippen LogP contribution < -0.4 is 5.73 Å². The van der Waals surface area contributed by atoms with Gasteiger partial charge in [-0.25, -0.2) is 4.79 Å². The number of piperidine rings is 1. The van der Waals surface area contributed by atoms with E-state index in [1.54, 1.807) is 17.2 Å². The van der Waals surface area contributed by atoms with Gasteiger partial charge in [0.05, 0.1) is 5.56 Å². The first kappa shape index (κ1) is 17.5. The van der Waals surface area contributed by atoms with Crippen molar-refractivity contribution < 1.29 is 14.4 Å². The van der Waals surface area contributed by atoms with Crippen LogP contribution in [0.2, 0.25) is 0 Å². The zero-order valence-electron chi connectivity index (χ0n) is 15.3. The lowest BCUT2D eigenvalue weighted by atomic mass is 9.73. The molecular weight excluding hydrogens is 330 g/mol. The number of benzene rings is 1. The van der Waals surface area contributed by atoms with Crippen LogP contribution >= 0.6 is 0 Å². The molecule has 3 fully saturated rings. The van der Waals surface area contributed by atoms with Crippen molar-refractivity contribution in [1.29, 1.82) is 0 Å². The van der Waals surface area contributed by atoms with Crippen LogP contribution in [0.5, 0.6) is 0 Å². The SMILES string of the molecule is CN1C(=O)CCC12CC(N)C1(CCN(OC(=O)c3ccccc3)CC1)C2. The Balaban J connectivity index is 1.39. The maximum Gasteiger partial charge on any atom is 0.357 e. The number of amides is 1. The number of hydrogen-bond acceptors (Lipinski definition) is 5. The Morgan fingerprint density at radius 1 is 1.19 bits per heavy atom. The summed E-state index contributed by atoms with van der Waals surface area (Å²) in [5.74, 6) is -0.0710. The summed E-state index contributed by atoms with van der Waals surface area (Å²) in [5, 5.41) is 1.77. The quantitative estimate of drug-likeness (QED) is 0.876. The van der Waals surface area contributed by atoms with Crippen molar-refractivity contribution in [3.63, 3.8) is 0 Å². The Morgan fingerprint density at radius 2 is 1.88 bits per heavy atom. The molecule has 2 aliphatic heterocycles. The molecular formula is C20H27N3O3. The Kier molecular flexibility index (Phi) is 4.28. The number of hydrogen-bond donors (Lipinski definition) is 1. The third-order valence-electron chi connectivity index (χ3n) is 6.90. The third kappa shape index (κ3) is 2.81. The van der Waals surface area contributed by atoms with Gasteiger partial charge in [0.15, 0.2) is 0 Å². The average Bonchev–Trinajstić information content (AvgIpc) is 3.08. The Bertz CT molecular complexity index is 700. The summed E-state index contributed by atoms with van der Waals surface area (Å²) in [6.45, 7) is 1.39. The minimum Gasteiger partial charge on any atom is -0.364 e. The fourth-order valence-corrected chi connectivity index (χ4v) is 5.18. The zero-order valence-corrected chi connectivity index (χ0v) is 15.3. The normalized spacial score (nSPS) is 31.1. The van der Waals surface area contributed by atoms with Crippen molar-refractivity contribution in [3.05, 3.63) is 35.9 Å². The topological polar surface area (TPSA) is 75.9 Å². The highest BCUT2D eigenvalue weighted by atomic mass is 16.7. The average molecular weight is 357 g/mol. The van der Waals surface area contributed by atoms with E-state index in [0.717, 1.165) is 32.1 Å². The van der Waals surface area contributed by atoms with E-state index in [9.17, 15) is 9.59 Å². The number of carbonyl (C=O) groups excluding carboxylic acids is 2. The van der Waals surface area contributed by atoms with E-state index >= 15 is 0 Å². The molecule has 2 atom stereocenters. The van der Waals surface area contributed by atoms with Gasteiger partial charge in [0.25, 0.3) is 0 Å². The molecule has 1 aliphatic carbocycles. The Hall–Kier alpha value is -1.92. The van der Waals surface area contributed by atoms with Crippen molar-refractivity contribution >= 4 is 11.9 Å². The summed E-state index contributed by atoms with van der Waals surface area (Å²) in [5.41, 5.74) is 7.14. The zero-order chi connectivity index (χ0) is 18.4. The fourth-order valence-electron chi connectivity index (χ4n) is 5.18. The standard InChI is InChI=1S/C20H27N3O3/c1-22-17(24)7-8-20(22)13-16(21)19(14-20)9-11-23(12-10-19)26-18(25)15-5-3-2-4-6-15/h2-6,16H,7-14,21H2,1H3. The van der Waals surface area contributed by atoms with Crippen LogP contribution in [0.4, 0.5) is 0 Å². The van der Waals surface area contributed by atoms with Crippen LogP contribution in [-0.4, -0.2) is 53.6 Å². The molecule has 2 unspecified atom stereocenters. The molecule has 4 rings (SSSR count). The first-order valence-electron chi connectivity index (χ1n) is 9.49. The molecule has 0 bridgehead atoms. The first-order valence-corrected chi connectivity index (χ1v) is 9.49. The lowest BCUT2D eigenvalue weighted by Gasteiger charge is -2.42. The van der Waals surface area contributed by atoms with Gasteiger partial charge in [-0.1, -0.05) is 18.2 Å². The van der Waals surface area contributed by atoms with E-state index in [-0.39, 0.29) is 28.9 Å². The lowest BCUT2D eigenvalue weighted by Crippen LogP contribution is -2.47. The minimum atomic E-state index is -0.310. The predicted octanol–water partition coefficient (Wildman–Crippen LogP) is 1.95. The van der Waals surface area contributed by atoms with Crippen LogP contribution in [0, 0.1) is 5.41 Å². The van der Waals surface area contributed by atoms with Gasteiger partial charge in [-0.3, -0.25) is 4.79 Å². The highest BCUT2D eigenvalue weighted by molar-refractivity contribution is 5.89. The van der Waals surface area contributed by atoms with Gasteiger partial charge in [-0.15, -0.1) is 5.06 Å². The maximum absolute atomic E-state index is 12.2. The second-order valence-electron chi connectivity index (χ2n) is 8.20. The molecule has 1 saturated carbocycles. The van der Waals surface area contributed by atoms with Gasteiger partial charge >= 0.3 is 5.97 Å². The molecule has 6 nitrogen and oxygen atoms in total. The van der Waals surface area contributed by atoms with Crippen LogP contribution in [0.25, 0.3) is 0 Å². The molecule has 1 amide bonds. The van der Waals surface area contributed by atoms with Gasteiger partial charge in [0.2, 0.25) is 5.91 Å². The van der Waals surface area contributed by atoms with Crippen LogP contribution in [0.15, 0.2) is 30.3 Å². The number of carbonyl (C=O) groups is 2. The largest absolute Gasteiger partial charge is 0.364 e. The smallest absolute Gasteiger partial charge is 0.357 e. The van der Waals surface area contributed by atoms with Crippen LogP contribution in [-0.2, 0) is 9.63 Å². The van der Waals surface area contributed by atoms with Gasteiger partial charge in [-0.05, 0) is 49.7 Å². The third-order valence-corrected chi connectivity index (χ3v) is 6.90. The number of nitrogens with zero attached hydrogens (tertiary/aromatic N) is 2. The number of likely N-dealkylation sites (tertiary alicyclic amines) is 1. The van der Waals surface area contributed by atoms with Gasteiger partial charge < -0.3 is 15.5 Å². The molecule has 26 heavy (non-hydrogen) atoms. The lowest BCUT2D eigenvalue weighted by molar-refractivity contribution is -0.140. The van der Waals surface area contributed by atoms with Crippen molar-refractivity contribution in [2.45, 2.75) is 50.1 Å². The van der Waals surface area contributed by atoms with Crippen LogP contribution in [0.1, 0.15) is 48.9 Å². The summed E-state index contributed by atoms with van der Waals surface area (Å²) in [6, 6.07) is 9.16. The van der Waals surface area contributed by atoms with E-state index in [1.165, 1.54) is 0 Å². The van der Waals surface area contributed by atoms with Crippen molar-refractivity contribution in [1.82, 2.24) is 9.96 Å². The molecule has 2 spiro atoms. The number of nitrogens with two attached hydrogens (primary N) is 1. The molecule has 2 heterocycles. The van der Waals surface area contributed by atoms with Crippen molar-refractivity contribution in [3.8, 4) is 0 Å². The molecule has 140 valence electrons. The maximum atomic E-state index is 12.2. The molecule has 0 aromatic heterocycles. The predicted molar refractivity (Wildman–Crippen MR) is 97.0 cm³/mol. The first-order chi connectivity index (χ1) is 12.4. The van der Waals surface area contributed by atoms with E-state index in [0.29, 0.717) is 25.1 Å². The number of hydroxylamine groups is 2. The van der Waals surface area contributed by atoms with Crippen molar-refractivity contribution in [2.75, 3.05) is 20.1 Å². The molecule has 1 aromatic rings. The van der Waals surface area contributed by atoms with Crippen molar-refractivity contribution in [2.24, 2.45) is 11.1 Å². The summed E-state index contributed by atoms with van der Waals surface area (Å²) < 4.78 is 0. The highest BCUT2D eigenvalue weighted by Crippen LogP contribution is 2.55. The minimum absolute atomic E-state index is 0.0501. The van der Waals surface area contributed by atoms with E-state index in [4.69, 9.17) is 10.6 Å². The van der Waals surface area contributed by atoms with Gasteiger partial charge in [0.1, 0.15) is 0 Å². The van der Waals surface area contributed by atoms with E-state index in [1.807, 2.05) is 30.1 Å². The van der Waals surface area contributed by atoms with Gasteiger partial charge in [-0.2, -0.15) is 0 Å². The monoisotopic (exact) mass is 357 g/mol. The highest BCUT2D eigenvalue weighted by Gasteiger charge is 2.58. The molecule has 2 saturated heterocycles. The summed E-state index contributed by atoms with van der Waals surface area (Å²) >= 11 is 0. The molecule has 3 aliphatic rings. The van der Waals surface area contributed by atoms with E-state index < -0.39 is 0 Å².